The van der Waals surface area contributed by atoms with Crippen LogP contribution >= 0.6 is 0 Å². The van der Waals surface area contributed by atoms with E-state index in [1.54, 1.807) is 12.1 Å². The van der Waals surface area contributed by atoms with Crippen molar-refractivity contribution < 1.29 is 17.9 Å². The van der Waals surface area contributed by atoms with Gasteiger partial charge in [0.25, 0.3) is 0 Å². The van der Waals surface area contributed by atoms with Crippen molar-refractivity contribution in [3.63, 3.8) is 0 Å². The maximum atomic E-state index is 13.0. The summed E-state index contributed by atoms with van der Waals surface area (Å²) in [5, 5.41) is 3.14. The molecule has 1 unspecified atom stereocenters. The number of benzene rings is 1. The molecule has 4 nitrogen and oxygen atoms in total. The fourth-order valence-electron chi connectivity index (χ4n) is 2.73. The molecule has 23 heavy (non-hydrogen) atoms. The number of halogens is 3. The predicted molar refractivity (Wildman–Crippen MR) is 80.3 cm³/mol. The highest BCUT2D eigenvalue weighted by Crippen LogP contribution is 2.37. The Hall–Kier alpha value is -2.02. The van der Waals surface area contributed by atoms with Crippen LogP contribution in [0.1, 0.15) is 37.2 Å². The molecule has 7 heteroatoms. The van der Waals surface area contributed by atoms with Crippen molar-refractivity contribution in [1.29, 1.82) is 0 Å². The molecule has 2 aromatic rings. The van der Waals surface area contributed by atoms with Gasteiger partial charge in [0, 0.05) is 23.4 Å². The molecular weight excluding hydrogens is 307 g/mol. The van der Waals surface area contributed by atoms with Crippen molar-refractivity contribution in [2.45, 2.75) is 32.1 Å². The highest BCUT2D eigenvalue weighted by atomic mass is 19.4. The molecule has 1 aliphatic rings. The second-order valence-electron chi connectivity index (χ2n) is 5.85. The molecule has 0 saturated heterocycles. The van der Waals surface area contributed by atoms with Crippen LogP contribution in [-0.4, -0.2) is 23.2 Å². The molecule has 0 spiro atoms. The number of hydrogen-bond acceptors (Lipinski definition) is 3. The van der Waals surface area contributed by atoms with E-state index in [2.05, 4.69) is 10.3 Å². The molecule has 0 bridgehead atoms. The largest absolute Gasteiger partial charge is 0.491 e. The van der Waals surface area contributed by atoms with Crippen LogP contribution in [0.2, 0.25) is 0 Å². The van der Waals surface area contributed by atoms with Gasteiger partial charge in [-0.25, -0.2) is 4.98 Å². The second kappa shape index (κ2) is 5.56. The number of imidazole rings is 1. The Morgan fingerprint density at radius 1 is 1.35 bits per heavy atom. The fourth-order valence-corrected chi connectivity index (χ4v) is 2.73. The van der Waals surface area contributed by atoms with E-state index >= 15 is 0 Å². The average Bonchev–Trinajstić information content (AvgIpc) is 3.10. The van der Waals surface area contributed by atoms with Crippen LogP contribution in [0.3, 0.4) is 0 Å². The van der Waals surface area contributed by atoms with Gasteiger partial charge in [-0.05, 0) is 27.0 Å². The second-order valence-corrected chi connectivity index (χ2v) is 5.85. The molecule has 0 aliphatic carbocycles. The van der Waals surface area contributed by atoms with Crippen LogP contribution in [0.4, 0.5) is 13.2 Å². The Labute approximate surface area is 132 Å². The number of nitrogens with zero attached hydrogens (tertiary/aromatic N) is 2. The first kappa shape index (κ1) is 15.9. The first-order chi connectivity index (χ1) is 10.8. The van der Waals surface area contributed by atoms with E-state index in [0.29, 0.717) is 23.7 Å². The Bertz CT molecular complexity index is 722. The van der Waals surface area contributed by atoms with Gasteiger partial charge < -0.3 is 14.6 Å². The van der Waals surface area contributed by atoms with Gasteiger partial charge >= 0.3 is 6.18 Å². The van der Waals surface area contributed by atoms with Gasteiger partial charge in [0.1, 0.15) is 18.2 Å². The number of hydrogen-bond donors (Lipinski definition) is 1. The zero-order valence-electron chi connectivity index (χ0n) is 13.1. The number of alkyl halides is 3. The zero-order valence-corrected chi connectivity index (χ0v) is 13.1. The maximum absolute atomic E-state index is 13.0. The van der Waals surface area contributed by atoms with Crippen LogP contribution in [0.25, 0.3) is 11.4 Å². The third-order valence-electron chi connectivity index (χ3n) is 3.98. The van der Waals surface area contributed by atoms with E-state index in [0.717, 1.165) is 11.8 Å². The van der Waals surface area contributed by atoms with Crippen molar-refractivity contribution in [3.8, 4) is 17.1 Å². The third-order valence-corrected chi connectivity index (χ3v) is 3.98. The summed E-state index contributed by atoms with van der Waals surface area (Å²) in [7, 11) is 1.85. The van der Waals surface area contributed by atoms with Crippen LogP contribution in [0.5, 0.6) is 5.75 Å². The average molecular weight is 325 g/mol. The molecule has 2 heterocycles. The minimum Gasteiger partial charge on any atom is -0.491 e. The molecule has 1 aliphatic heterocycles. The predicted octanol–water partition coefficient (Wildman–Crippen LogP) is 3.80. The van der Waals surface area contributed by atoms with E-state index in [4.69, 9.17) is 4.74 Å². The van der Waals surface area contributed by atoms with Crippen molar-refractivity contribution in [2.75, 3.05) is 13.7 Å². The SMILES string of the molecule is CNC1COc2cc(-c3nc(C(F)(F)F)cn3C(C)C)ccc21. The summed E-state index contributed by atoms with van der Waals surface area (Å²) in [6.07, 6.45) is -3.40. The summed E-state index contributed by atoms with van der Waals surface area (Å²) in [5.41, 5.74) is 0.746. The molecule has 0 radical (unpaired) electrons. The molecule has 1 atom stereocenters. The van der Waals surface area contributed by atoms with Crippen LogP contribution < -0.4 is 10.1 Å². The molecule has 0 fully saturated rings. The minimum absolute atomic E-state index is 0.106. The van der Waals surface area contributed by atoms with Crippen molar-refractivity contribution in [2.24, 2.45) is 0 Å². The van der Waals surface area contributed by atoms with Gasteiger partial charge in [0.15, 0.2) is 5.69 Å². The third kappa shape index (κ3) is 2.81. The van der Waals surface area contributed by atoms with Gasteiger partial charge in [0.2, 0.25) is 0 Å². The molecule has 0 amide bonds. The summed E-state index contributed by atoms with van der Waals surface area (Å²) < 4.78 is 46.1. The summed E-state index contributed by atoms with van der Waals surface area (Å²) in [6.45, 7) is 4.17. The lowest BCUT2D eigenvalue weighted by atomic mass is 10.1. The molecule has 3 rings (SSSR count). The number of aromatic nitrogens is 2. The number of ether oxygens (including phenoxy) is 1. The molecule has 124 valence electrons. The molecule has 0 saturated carbocycles. The standard InChI is InChI=1S/C16H18F3N3O/c1-9(2)22-7-14(16(17,18)19)21-15(22)10-4-5-11-12(20-3)8-23-13(11)6-10/h4-7,9,12,20H,8H2,1-3H3. The van der Waals surface area contributed by atoms with Gasteiger partial charge in [-0.15, -0.1) is 0 Å². The molecule has 1 aromatic heterocycles. The van der Waals surface area contributed by atoms with Crippen LogP contribution in [0.15, 0.2) is 24.4 Å². The summed E-state index contributed by atoms with van der Waals surface area (Å²) in [6, 6.07) is 5.40. The highest BCUT2D eigenvalue weighted by Gasteiger charge is 2.35. The van der Waals surface area contributed by atoms with Crippen LogP contribution in [0, 0.1) is 0 Å². The quantitative estimate of drug-likeness (QED) is 0.933. The minimum atomic E-state index is -4.46. The number of fused-ring (bicyclic) bond motifs is 1. The highest BCUT2D eigenvalue weighted by molar-refractivity contribution is 5.61. The summed E-state index contributed by atoms with van der Waals surface area (Å²) in [5.74, 6) is 0.986. The van der Waals surface area contributed by atoms with E-state index in [-0.39, 0.29) is 12.1 Å². The lowest BCUT2D eigenvalue weighted by molar-refractivity contribution is -0.140. The van der Waals surface area contributed by atoms with Gasteiger partial charge in [-0.3, -0.25) is 0 Å². The number of likely N-dealkylation sites (N-methyl/N-ethyl adjacent to an activating group) is 1. The summed E-state index contributed by atoms with van der Waals surface area (Å²) in [4.78, 5) is 3.80. The van der Waals surface area contributed by atoms with E-state index in [9.17, 15) is 13.2 Å². The fraction of sp³-hybridized carbons (Fsp3) is 0.438. The molecular formula is C16H18F3N3O. The number of nitrogens with one attached hydrogen (secondary N) is 1. The first-order valence-corrected chi connectivity index (χ1v) is 7.41. The number of rotatable bonds is 3. The van der Waals surface area contributed by atoms with Gasteiger partial charge in [-0.1, -0.05) is 12.1 Å². The van der Waals surface area contributed by atoms with Crippen molar-refractivity contribution in [3.05, 3.63) is 35.7 Å². The Balaban J connectivity index is 2.07. The van der Waals surface area contributed by atoms with E-state index in [1.165, 1.54) is 4.57 Å². The van der Waals surface area contributed by atoms with Crippen molar-refractivity contribution >= 4 is 0 Å². The summed E-state index contributed by atoms with van der Waals surface area (Å²) >= 11 is 0. The topological polar surface area (TPSA) is 39.1 Å². The smallest absolute Gasteiger partial charge is 0.434 e. The zero-order chi connectivity index (χ0) is 16.8. The normalized spacial score (nSPS) is 17.4. The monoisotopic (exact) mass is 325 g/mol. The van der Waals surface area contributed by atoms with Gasteiger partial charge in [0.05, 0.1) is 6.04 Å². The Morgan fingerprint density at radius 2 is 2.09 bits per heavy atom. The van der Waals surface area contributed by atoms with E-state index < -0.39 is 11.9 Å². The lowest BCUT2D eigenvalue weighted by Gasteiger charge is -2.12. The molecule has 1 aromatic carbocycles. The lowest BCUT2D eigenvalue weighted by Crippen LogP contribution is -2.17. The van der Waals surface area contributed by atoms with Gasteiger partial charge in [-0.2, -0.15) is 13.2 Å². The first-order valence-electron chi connectivity index (χ1n) is 7.41. The van der Waals surface area contributed by atoms with Crippen molar-refractivity contribution in [1.82, 2.24) is 14.9 Å². The maximum Gasteiger partial charge on any atom is 0.434 e. The molecule has 1 N–H and O–H groups in total. The van der Waals surface area contributed by atoms with Crippen LogP contribution in [-0.2, 0) is 6.18 Å². The van der Waals surface area contributed by atoms with E-state index in [1.807, 2.05) is 27.0 Å². The Kier molecular flexibility index (Phi) is 3.83. The Morgan fingerprint density at radius 3 is 2.70 bits per heavy atom.